The van der Waals surface area contributed by atoms with Gasteiger partial charge in [-0.2, -0.15) is 0 Å². The van der Waals surface area contributed by atoms with Gasteiger partial charge in [0.15, 0.2) is 0 Å². The molecule has 0 bridgehead atoms. The molecule has 0 aromatic heterocycles. The number of rotatable bonds is 3. The molecule has 104 valence electrons. The number of carbonyl (C=O) groups is 2. The van der Waals surface area contributed by atoms with Crippen molar-refractivity contribution < 1.29 is 14.7 Å². The lowest BCUT2D eigenvalue weighted by Crippen LogP contribution is -2.32. The van der Waals surface area contributed by atoms with Gasteiger partial charge in [0.25, 0.3) is 0 Å². The molecule has 1 rings (SSSR count). The Hall–Kier alpha value is -1.68. The van der Waals surface area contributed by atoms with E-state index >= 15 is 0 Å². The summed E-state index contributed by atoms with van der Waals surface area (Å²) in [5.41, 5.74) is 6.30. The van der Waals surface area contributed by atoms with E-state index in [1.165, 1.54) is 0 Å². The van der Waals surface area contributed by atoms with Crippen LogP contribution in [0.4, 0.5) is 0 Å². The second-order valence-electron chi connectivity index (χ2n) is 2.63. The first-order valence-electron chi connectivity index (χ1n) is 6.01. The van der Waals surface area contributed by atoms with Gasteiger partial charge in [0, 0.05) is 0 Å². The highest BCUT2D eigenvalue weighted by molar-refractivity contribution is 5.73. The van der Waals surface area contributed by atoms with Gasteiger partial charge in [-0.25, -0.2) is 0 Å². The normalized spacial score (nSPS) is 9.17. The molecule has 0 saturated carbocycles. The third kappa shape index (κ3) is 12.4. The SMILES string of the molecule is C=O.CC.CC.N[C@@H](Cc1ccccc1)C(=O)O. The summed E-state index contributed by atoms with van der Waals surface area (Å²) in [5, 5.41) is 8.52. The minimum Gasteiger partial charge on any atom is -0.480 e. The Kier molecular flexibility index (Phi) is 21.2. The van der Waals surface area contributed by atoms with Crippen LogP contribution >= 0.6 is 0 Å². The van der Waals surface area contributed by atoms with Crippen molar-refractivity contribution >= 4 is 12.8 Å². The number of carbonyl (C=O) groups excluding carboxylic acids is 1. The van der Waals surface area contributed by atoms with Crippen molar-refractivity contribution in [2.75, 3.05) is 0 Å². The smallest absolute Gasteiger partial charge is 0.320 e. The van der Waals surface area contributed by atoms with Gasteiger partial charge in [-0.05, 0) is 12.0 Å². The van der Waals surface area contributed by atoms with Gasteiger partial charge in [0.05, 0.1) is 0 Å². The van der Waals surface area contributed by atoms with E-state index in [0.717, 1.165) is 5.56 Å². The molecule has 4 nitrogen and oxygen atoms in total. The van der Waals surface area contributed by atoms with Crippen molar-refractivity contribution in [3.8, 4) is 0 Å². The summed E-state index contributed by atoms with van der Waals surface area (Å²) in [7, 11) is 0. The topological polar surface area (TPSA) is 80.4 Å². The second-order valence-corrected chi connectivity index (χ2v) is 2.63. The van der Waals surface area contributed by atoms with Crippen molar-refractivity contribution in [1.82, 2.24) is 0 Å². The van der Waals surface area contributed by atoms with Crippen LogP contribution in [0.15, 0.2) is 30.3 Å². The van der Waals surface area contributed by atoms with E-state index in [0.29, 0.717) is 6.42 Å². The number of benzene rings is 1. The molecule has 0 spiro atoms. The molecule has 0 unspecified atom stereocenters. The van der Waals surface area contributed by atoms with Crippen LogP contribution in [0.1, 0.15) is 33.3 Å². The molecule has 0 amide bonds. The van der Waals surface area contributed by atoms with Gasteiger partial charge in [-0.3, -0.25) is 4.79 Å². The molecule has 0 fully saturated rings. The van der Waals surface area contributed by atoms with Crippen LogP contribution in [0.25, 0.3) is 0 Å². The van der Waals surface area contributed by atoms with Crippen molar-refractivity contribution in [1.29, 1.82) is 0 Å². The first-order valence-corrected chi connectivity index (χ1v) is 6.01. The van der Waals surface area contributed by atoms with Crippen LogP contribution in [-0.4, -0.2) is 23.9 Å². The van der Waals surface area contributed by atoms with E-state index in [9.17, 15) is 4.79 Å². The highest BCUT2D eigenvalue weighted by Gasteiger charge is 2.10. The Morgan fingerprint density at radius 1 is 1.17 bits per heavy atom. The molecule has 0 saturated heterocycles. The zero-order chi connectivity index (χ0) is 15.0. The summed E-state index contributed by atoms with van der Waals surface area (Å²) in [4.78, 5) is 18.4. The van der Waals surface area contributed by atoms with E-state index in [1.54, 1.807) is 0 Å². The fourth-order valence-electron chi connectivity index (χ4n) is 0.955. The summed E-state index contributed by atoms with van der Waals surface area (Å²) in [5.74, 6) is -0.959. The third-order valence-corrected chi connectivity index (χ3v) is 1.62. The zero-order valence-electron chi connectivity index (χ0n) is 11.7. The number of aliphatic carboxylic acids is 1. The van der Waals surface area contributed by atoms with Crippen LogP contribution in [0.2, 0.25) is 0 Å². The van der Waals surface area contributed by atoms with Gasteiger partial charge in [0.2, 0.25) is 0 Å². The maximum absolute atomic E-state index is 10.4. The summed E-state index contributed by atoms with van der Waals surface area (Å²) >= 11 is 0. The molecule has 3 N–H and O–H groups in total. The fourth-order valence-corrected chi connectivity index (χ4v) is 0.955. The molecule has 0 aliphatic rings. The molecule has 0 radical (unpaired) electrons. The second kappa shape index (κ2) is 17.7. The number of carboxylic acid groups (broad SMARTS) is 1. The number of hydrogen-bond acceptors (Lipinski definition) is 3. The maximum atomic E-state index is 10.4. The van der Waals surface area contributed by atoms with E-state index in [1.807, 2.05) is 64.8 Å². The zero-order valence-corrected chi connectivity index (χ0v) is 11.7. The predicted octanol–water partition coefficient (Wildman–Crippen LogP) is 2.51. The van der Waals surface area contributed by atoms with E-state index in [2.05, 4.69) is 0 Å². The molecular formula is C14H25NO3. The van der Waals surface area contributed by atoms with Crippen molar-refractivity contribution in [2.45, 2.75) is 40.2 Å². The number of carboxylic acids is 1. The Balaban J connectivity index is -0.000000328. The van der Waals surface area contributed by atoms with Gasteiger partial charge in [-0.1, -0.05) is 58.0 Å². The third-order valence-electron chi connectivity index (χ3n) is 1.62. The van der Waals surface area contributed by atoms with Gasteiger partial charge >= 0.3 is 5.97 Å². The van der Waals surface area contributed by atoms with Crippen LogP contribution < -0.4 is 5.73 Å². The molecular weight excluding hydrogens is 230 g/mol. The van der Waals surface area contributed by atoms with Gasteiger partial charge < -0.3 is 15.6 Å². The largest absolute Gasteiger partial charge is 0.480 e. The summed E-state index contributed by atoms with van der Waals surface area (Å²) in [6.45, 7) is 10.0. The highest BCUT2D eigenvalue weighted by atomic mass is 16.4. The highest BCUT2D eigenvalue weighted by Crippen LogP contribution is 2.01. The monoisotopic (exact) mass is 255 g/mol. The van der Waals surface area contributed by atoms with Crippen molar-refractivity contribution in [3.05, 3.63) is 35.9 Å². The molecule has 4 heteroatoms. The number of hydrogen-bond donors (Lipinski definition) is 2. The molecule has 0 aliphatic heterocycles. The van der Waals surface area contributed by atoms with Crippen molar-refractivity contribution in [2.24, 2.45) is 5.73 Å². The Bertz CT molecular complexity index is 276. The molecule has 0 heterocycles. The van der Waals surface area contributed by atoms with E-state index < -0.39 is 12.0 Å². The van der Waals surface area contributed by atoms with Crippen LogP contribution in [0, 0.1) is 0 Å². The molecule has 0 aliphatic carbocycles. The summed E-state index contributed by atoms with van der Waals surface area (Å²) < 4.78 is 0. The fraction of sp³-hybridized carbons (Fsp3) is 0.429. The van der Waals surface area contributed by atoms with E-state index in [-0.39, 0.29) is 0 Å². The number of nitrogens with two attached hydrogens (primary N) is 1. The summed E-state index contributed by atoms with van der Waals surface area (Å²) in [6.07, 6.45) is 0.385. The average molecular weight is 255 g/mol. The first-order chi connectivity index (χ1) is 8.70. The maximum Gasteiger partial charge on any atom is 0.320 e. The van der Waals surface area contributed by atoms with Crippen LogP contribution in [0.3, 0.4) is 0 Å². The van der Waals surface area contributed by atoms with Crippen molar-refractivity contribution in [3.63, 3.8) is 0 Å². The lowest BCUT2D eigenvalue weighted by atomic mass is 10.1. The quantitative estimate of drug-likeness (QED) is 0.869. The van der Waals surface area contributed by atoms with Gasteiger partial charge in [-0.15, -0.1) is 0 Å². The lowest BCUT2D eigenvalue weighted by Gasteiger charge is -2.04. The molecule has 1 aromatic carbocycles. The Morgan fingerprint density at radius 3 is 1.89 bits per heavy atom. The van der Waals surface area contributed by atoms with Gasteiger partial charge in [0.1, 0.15) is 12.8 Å². The first kappa shape index (κ1) is 21.6. The Labute approximate surface area is 110 Å². The average Bonchev–Trinajstić information content (AvgIpc) is 2.46. The molecule has 1 atom stereocenters. The Morgan fingerprint density at radius 2 is 1.56 bits per heavy atom. The molecule has 1 aromatic rings. The summed E-state index contributed by atoms with van der Waals surface area (Å²) in [6, 6.07) is 8.54. The van der Waals surface area contributed by atoms with E-state index in [4.69, 9.17) is 15.6 Å². The van der Waals surface area contributed by atoms with Crippen LogP contribution in [-0.2, 0) is 16.0 Å². The molecule has 18 heavy (non-hydrogen) atoms. The lowest BCUT2D eigenvalue weighted by molar-refractivity contribution is -0.138. The predicted molar refractivity (Wildman–Crippen MR) is 75.6 cm³/mol. The minimum atomic E-state index is -0.959. The standard InChI is InChI=1S/C9H11NO2.2C2H6.CH2O/c10-8(9(11)12)6-7-4-2-1-3-5-7;3*1-2/h1-5,8H,6,10H2,(H,11,12);2*1-2H3;1H2/t8-;;;/m0.../s1. The minimum absolute atomic E-state index is 0.385. The van der Waals surface area contributed by atoms with Crippen LogP contribution in [0.5, 0.6) is 0 Å².